The Morgan fingerprint density at radius 1 is 1.47 bits per heavy atom. The molecular weight excluding hydrogens is 216 g/mol. The summed E-state index contributed by atoms with van der Waals surface area (Å²) in [4.78, 5) is 12.1. The number of nitrogens with two attached hydrogens (primary N) is 1. The molecule has 1 atom stereocenters. The van der Waals surface area contributed by atoms with E-state index >= 15 is 0 Å². The van der Waals surface area contributed by atoms with E-state index in [1.165, 1.54) is 0 Å². The molecule has 4 N–H and O–H groups in total. The summed E-state index contributed by atoms with van der Waals surface area (Å²) in [6.07, 6.45) is 0. The van der Waals surface area contributed by atoms with Crippen LogP contribution in [0.2, 0.25) is 0 Å². The number of carbonyl (C=O) groups excluding carboxylic acids is 1. The predicted octanol–water partition coefficient (Wildman–Crippen LogP) is 1.32. The number of amides is 1. The average molecular weight is 236 g/mol. The van der Waals surface area contributed by atoms with Crippen molar-refractivity contribution in [2.45, 2.75) is 26.8 Å². The Hall–Kier alpha value is -1.55. The lowest BCUT2D eigenvalue weighted by molar-refractivity contribution is 0.0897. The van der Waals surface area contributed by atoms with E-state index in [2.05, 4.69) is 5.32 Å². The van der Waals surface area contributed by atoms with Crippen molar-refractivity contribution in [2.24, 2.45) is 5.92 Å². The Kier molecular flexibility index (Phi) is 4.52. The number of anilines is 1. The number of nitrogens with one attached hydrogen (secondary N) is 1. The lowest BCUT2D eigenvalue weighted by Gasteiger charge is -2.21. The highest BCUT2D eigenvalue weighted by Gasteiger charge is 2.18. The molecule has 4 nitrogen and oxygen atoms in total. The molecule has 0 heterocycles. The largest absolute Gasteiger partial charge is 0.398 e. The minimum atomic E-state index is -0.249. The Labute approximate surface area is 102 Å². The van der Waals surface area contributed by atoms with Crippen molar-refractivity contribution in [2.75, 3.05) is 12.3 Å². The maximum atomic E-state index is 12.1. The molecule has 1 aromatic carbocycles. The average Bonchev–Trinajstić information content (AvgIpc) is 2.25. The fourth-order valence-electron chi connectivity index (χ4n) is 1.66. The minimum Gasteiger partial charge on any atom is -0.398 e. The molecule has 0 radical (unpaired) electrons. The Bertz CT molecular complexity index is 382. The van der Waals surface area contributed by atoms with Gasteiger partial charge in [-0.3, -0.25) is 4.79 Å². The molecule has 1 aromatic rings. The fraction of sp³-hybridized carbons (Fsp3) is 0.462. The fourth-order valence-corrected chi connectivity index (χ4v) is 1.66. The number of aliphatic hydroxyl groups is 1. The second kappa shape index (κ2) is 5.68. The van der Waals surface area contributed by atoms with Crippen LogP contribution >= 0.6 is 0 Å². The van der Waals surface area contributed by atoms with Crippen LogP contribution in [0.15, 0.2) is 18.2 Å². The number of hydrogen-bond donors (Lipinski definition) is 3. The van der Waals surface area contributed by atoms with Gasteiger partial charge < -0.3 is 16.2 Å². The van der Waals surface area contributed by atoms with E-state index in [1.807, 2.05) is 32.9 Å². The highest BCUT2D eigenvalue weighted by atomic mass is 16.3. The van der Waals surface area contributed by atoms with E-state index in [-0.39, 0.29) is 24.5 Å². The molecule has 0 bridgehead atoms. The van der Waals surface area contributed by atoms with Crippen molar-refractivity contribution in [3.05, 3.63) is 29.3 Å². The van der Waals surface area contributed by atoms with Crippen LogP contribution in [0.3, 0.4) is 0 Å². The van der Waals surface area contributed by atoms with E-state index in [9.17, 15) is 9.90 Å². The first-order chi connectivity index (χ1) is 7.97. The normalized spacial score (nSPS) is 12.5. The first-order valence-electron chi connectivity index (χ1n) is 5.74. The highest BCUT2D eigenvalue weighted by molar-refractivity contribution is 6.00. The third-order valence-corrected chi connectivity index (χ3v) is 2.85. The second-order valence-corrected chi connectivity index (χ2v) is 4.55. The standard InChI is InChI=1S/C13H20N2O2/c1-8(2)11(7-16)15-13(17)12-9(3)5-4-6-10(12)14/h4-6,8,11,16H,7,14H2,1-3H3,(H,15,17)/t11-/m1/s1. The van der Waals surface area contributed by atoms with Gasteiger partial charge in [-0.25, -0.2) is 0 Å². The molecule has 1 amide bonds. The number of aliphatic hydroxyl groups excluding tert-OH is 1. The molecule has 1 rings (SSSR count). The van der Waals surface area contributed by atoms with Gasteiger partial charge in [-0.15, -0.1) is 0 Å². The summed E-state index contributed by atoms with van der Waals surface area (Å²) in [6.45, 7) is 5.66. The number of carbonyl (C=O) groups is 1. The molecule has 0 fully saturated rings. The summed E-state index contributed by atoms with van der Waals surface area (Å²) in [7, 11) is 0. The molecule has 94 valence electrons. The van der Waals surface area contributed by atoms with Gasteiger partial charge >= 0.3 is 0 Å². The van der Waals surface area contributed by atoms with E-state index < -0.39 is 0 Å². The molecule has 0 saturated carbocycles. The minimum absolute atomic E-state index is 0.0742. The first-order valence-corrected chi connectivity index (χ1v) is 5.74. The van der Waals surface area contributed by atoms with Crippen molar-refractivity contribution in [1.29, 1.82) is 0 Å². The Morgan fingerprint density at radius 2 is 2.12 bits per heavy atom. The van der Waals surface area contributed by atoms with E-state index in [0.717, 1.165) is 5.56 Å². The summed E-state index contributed by atoms with van der Waals surface area (Å²) < 4.78 is 0. The van der Waals surface area contributed by atoms with Gasteiger partial charge in [0.25, 0.3) is 5.91 Å². The first kappa shape index (κ1) is 13.5. The van der Waals surface area contributed by atoms with E-state index in [4.69, 9.17) is 5.73 Å². The molecule has 0 aliphatic carbocycles. The monoisotopic (exact) mass is 236 g/mol. The number of nitrogen functional groups attached to an aromatic ring is 1. The van der Waals surface area contributed by atoms with Crippen LogP contribution in [0, 0.1) is 12.8 Å². The smallest absolute Gasteiger partial charge is 0.253 e. The summed E-state index contributed by atoms with van der Waals surface area (Å²) in [6, 6.07) is 5.11. The molecule has 0 unspecified atom stereocenters. The van der Waals surface area contributed by atoms with Crippen LogP contribution in [0.25, 0.3) is 0 Å². The predicted molar refractivity (Wildman–Crippen MR) is 68.8 cm³/mol. The summed E-state index contributed by atoms with van der Waals surface area (Å²) >= 11 is 0. The maximum Gasteiger partial charge on any atom is 0.253 e. The summed E-state index contributed by atoms with van der Waals surface area (Å²) in [5, 5.41) is 12.0. The molecule has 17 heavy (non-hydrogen) atoms. The molecule has 0 aromatic heterocycles. The topological polar surface area (TPSA) is 75.4 Å². The van der Waals surface area contributed by atoms with Gasteiger partial charge in [0.05, 0.1) is 18.2 Å². The van der Waals surface area contributed by atoms with Crippen molar-refractivity contribution in [3.63, 3.8) is 0 Å². The third kappa shape index (κ3) is 3.20. The molecule has 0 saturated heterocycles. The lowest BCUT2D eigenvalue weighted by atomic mass is 10.0. The zero-order valence-electron chi connectivity index (χ0n) is 10.5. The van der Waals surface area contributed by atoms with Crippen LogP contribution in [0.4, 0.5) is 5.69 Å². The van der Waals surface area contributed by atoms with E-state index in [0.29, 0.717) is 11.3 Å². The van der Waals surface area contributed by atoms with Gasteiger partial charge in [0.2, 0.25) is 0 Å². The van der Waals surface area contributed by atoms with Crippen LogP contribution in [0.5, 0.6) is 0 Å². The van der Waals surface area contributed by atoms with Crippen molar-refractivity contribution < 1.29 is 9.90 Å². The van der Waals surface area contributed by atoms with Gasteiger partial charge in [-0.1, -0.05) is 26.0 Å². The van der Waals surface area contributed by atoms with Crippen molar-refractivity contribution in [1.82, 2.24) is 5.32 Å². The third-order valence-electron chi connectivity index (χ3n) is 2.85. The lowest BCUT2D eigenvalue weighted by Crippen LogP contribution is -2.41. The van der Waals surface area contributed by atoms with E-state index in [1.54, 1.807) is 6.07 Å². The zero-order chi connectivity index (χ0) is 13.0. The second-order valence-electron chi connectivity index (χ2n) is 4.55. The van der Waals surface area contributed by atoms with Gasteiger partial charge in [0.15, 0.2) is 0 Å². The van der Waals surface area contributed by atoms with Gasteiger partial charge in [0.1, 0.15) is 0 Å². The van der Waals surface area contributed by atoms with Gasteiger partial charge in [0, 0.05) is 5.69 Å². The zero-order valence-corrected chi connectivity index (χ0v) is 10.5. The van der Waals surface area contributed by atoms with Crippen LogP contribution in [-0.4, -0.2) is 23.7 Å². The van der Waals surface area contributed by atoms with Gasteiger partial charge in [-0.2, -0.15) is 0 Å². The highest BCUT2D eigenvalue weighted by Crippen LogP contribution is 2.16. The van der Waals surface area contributed by atoms with Crippen LogP contribution in [-0.2, 0) is 0 Å². The summed E-state index contributed by atoms with van der Waals surface area (Å²) in [5.41, 5.74) is 7.58. The quantitative estimate of drug-likeness (QED) is 0.690. The number of hydrogen-bond acceptors (Lipinski definition) is 3. The van der Waals surface area contributed by atoms with Crippen LogP contribution < -0.4 is 11.1 Å². The number of rotatable bonds is 4. The molecule has 0 aliphatic heterocycles. The SMILES string of the molecule is Cc1cccc(N)c1C(=O)N[C@H](CO)C(C)C. The molecule has 0 spiro atoms. The number of aryl methyl sites for hydroxylation is 1. The summed E-state index contributed by atoms with van der Waals surface area (Å²) in [5.74, 6) is -0.0532. The van der Waals surface area contributed by atoms with Crippen LogP contribution in [0.1, 0.15) is 29.8 Å². The number of benzene rings is 1. The van der Waals surface area contributed by atoms with Crippen molar-refractivity contribution >= 4 is 11.6 Å². The Balaban J connectivity index is 2.90. The molecular formula is C13H20N2O2. The van der Waals surface area contributed by atoms with Crippen molar-refractivity contribution in [3.8, 4) is 0 Å². The Morgan fingerprint density at radius 3 is 2.59 bits per heavy atom. The van der Waals surface area contributed by atoms with Gasteiger partial charge in [-0.05, 0) is 24.5 Å². The maximum absolute atomic E-state index is 12.1. The molecule has 0 aliphatic rings. The molecule has 4 heteroatoms.